The number of hydrogen-bond donors (Lipinski definition) is 3. The third-order valence-electron chi connectivity index (χ3n) is 9.51. The molecule has 10 nitrogen and oxygen atoms in total. The molecule has 2 fully saturated rings. The summed E-state index contributed by atoms with van der Waals surface area (Å²) in [5.41, 5.74) is 4.42. The van der Waals surface area contributed by atoms with Gasteiger partial charge in [-0.1, -0.05) is 29.8 Å². The number of likely N-dealkylation sites (tertiary alicyclic amines) is 1. The Kier molecular flexibility index (Phi) is 12.7. The highest BCUT2D eigenvalue weighted by Crippen LogP contribution is 2.37. The first kappa shape index (κ1) is 39.6. The number of rotatable bonds is 8. The molecule has 290 valence electrons. The molecule has 3 aromatic heterocycles. The molecule has 1 atom stereocenters. The quantitative estimate of drug-likeness (QED) is 0.104. The van der Waals surface area contributed by atoms with Gasteiger partial charge in [0.15, 0.2) is 0 Å². The molecule has 0 aliphatic carbocycles. The van der Waals surface area contributed by atoms with Crippen molar-refractivity contribution < 1.29 is 31.8 Å². The van der Waals surface area contributed by atoms with Crippen molar-refractivity contribution in [3.05, 3.63) is 111 Å². The minimum Gasteiger partial charge on any atom is -0.473 e. The molecular formula is C40H42ClF4N7O3. The van der Waals surface area contributed by atoms with Crippen LogP contribution in [0.4, 0.5) is 23.2 Å². The number of benzene rings is 3. The minimum absolute atomic E-state index is 0.0873. The number of ether oxygens (including phenoxy) is 2. The van der Waals surface area contributed by atoms with Crippen LogP contribution in [0.1, 0.15) is 66.0 Å². The van der Waals surface area contributed by atoms with E-state index in [0.717, 1.165) is 67.7 Å². The third kappa shape index (κ3) is 10.4. The summed E-state index contributed by atoms with van der Waals surface area (Å²) in [4.78, 5) is 25.6. The zero-order chi connectivity index (χ0) is 39.1. The summed E-state index contributed by atoms with van der Waals surface area (Å²) in [7, 11) is 0. The fourth-order valence-corrected chi connectivity index (χ4v) is 6.50. The van der Waals surface area contributed by atoms with Gasteiger partial charge in [-0.05, 0) is 101 Å². The van der Waals surface area contributed by atoms with Gasteiger partial charge in [0.25, 0.3) is 0 Å². The Morgan fingerprint density at radius 2 is 1.80 bits per heavy atom. The number of alkyl halides is 3. The number of hydrogen-bond acceptors (Lipinski definition) is 7. The Bertz CT molecular complexity index is 2230. The molecule has 5 heterocycles. The molecule has 15 heteroatoms. The number of nitrogens with zero attached hydrogens (tertiary/aromatic N) is 4. The molecule has 2 aliphatic heterocycles. The number of fused-ring (bicyclic) bond motifs is 2. The summed E-state index contributed by atoms with van der Waals surface area (Å²) >= 11 is 5.82. The van der Waals surface area contributed by atoms with E-state index in [2.05, 4.69) is 63.5 Å². The lowest BCUT2D eigenvalue weighted by Crippen LogP contribution is -2.33. The predicted molar refractivity (Wildman–Crippen MR) is 204 cm³/mol. The average Bonchev–Trinajstić information content (AvgIpc) is 3.72. The molecule has 3 aromatic carbocycles. The van der Waals surface area contributed by atoms with E-state index in [-0.39, 0.29) is 23.6 Å². The van der Waals surface area contributed by atoms with Crippen LogP contribution in [0.25, 0.3) is 21.9 Å². The van der Waals surface area contributed by atoms with Gasteiger partial charge in [-0.2, -0.15) is 18.3 Å². The summed E-state index contributed by atoms with van der Waals surface area (Å²) in [5, 5.41) is 9.03. The smallest absolute Gasteiger partial charge is 0.418 e. The van der Waals surface area contributed by atoms with Crippen molar-refractivity contribution in [3.8, 4) is 5.88 Å². The molecule has 2 saturated heterocycles. The van der Waals surface area contributed by atoms with Crippen LogP contribution >= 0.6 is 11.6 Å². The lowest BCUT2D eigenvalue weighted by molar-refractivity contribution is -0.136. The van der Waals surface area contributed by atoms with Gasteiger partial charge in [0.1, 0.15) is 23.8 Å². The largest absolute Gasteiger partial charge is 0.473 e. The second-order valence-electron chi connectivity index (χ2n) is 13.7. The van der Waals surface area contributed by atoms with Crippen molar-refractivity contribution in [2.45, 2.75) is 71.4 Å². The number of H-pyrrole nitrogens is 2. The molecule has 0 spiro atoms. The van der Waals surface area contributed by atoms with Crippen LogP contribution in [-0.4, -0.2) is 62.3 Å². The number of carbonyl (C=O) groups excluding carboxylic acids is 1. The fourth-order valence-electron chi connectivity index (χ4n) is 6.34. The second kappa shape index (κ2) is 17.6. The van der Waals surface area contributed by atoms with Crippen molar-refractivity contribution in [1.82, 2.24) is 30.0 Å². The Morgan fingerprint density at radius 3 is 2.47 bits per heavy atom. The summed E-state index contributed by atoms with van der Waals surface area (Å²) in [6.07, 6.45) is -0.296. The van der Waals surface area contributed by atoms with Crippen molar-refractivity contribution in [3.63, 3.8) is 0 Å². The van der Waals surface area contributed by atoms with E-state index in [0.29, 0.717) is 46.0 Å². The lowest BCUT2D eigenvalue weighted by atomic mass is 9.93. The normalized spacial score (nSPS) is 16.1. The number of pyridine rings is 1. The number of carbonyl (C=O) groups is 1. The van der Waals surface area contributed by atoms with E-state index in [1.54, 1.807) is 19.1 Å². The molecule has 0 saturated carbocycles. The van der Waals surface area contributed by atoms with Crippen molar-refractivity contribution >= 4 is 45.6 Å². The maximum absolute atomic E-state index is 14.0. The highest BCUT2D eigenvalue weighted by molar-refractivity contribution is 6.30. The van der Waals surface area contributed by atoms with Gasteiger partial charge >= 0.3 is 6.18 Å². The molecular weight excluding hydrogens is 738 g/mol. The number of imidazole rings is 1. The van der Waals surface area contributed by atoms with Gasteiger partial charge < -0.3 is 19.8 Å². The third-order valence-corrected chi connectivity index (χ3v) is 9.74. The van der Waals surface area contributed by atoms with E-state index >= 15 is 0 Å². The molecule has 2 aliphatic rings. The maximum atomic E-state index is 14.0. The molecule has 55 heavy (non-hydrogen) atoms. The molecule has 0 unspecified atom stereocenters. The number of amides is 1. The number of halogens is 5. The van der Waals surface area contributed by atoms with Crippen molar-refractivity contribution in [2.75, 3.05) is 25.0 Å². The highest BCUT2D eigenvalue weighted by atomic mass is 35.5. The van der Waals surface area contributed by atoms with Crippen molar-refractivity contribution in [1.29, 1.82) is 0 Å². The van der Waals surface area contributed by atoms with Gasteiger partial charge in [0.05, 0.1) is 29.2 Å². The molecule has 8 rings (SSSR count). The van der Waals surface area contributed by atoms with Gasteiger partial charge in [0.2, 0.25) is 12.3 Å². The Labute approximate surface area is 320 Å². The van der Waals surface area contributed by atoms with Gasteiger partial charge in [-0.25, -0.2) is 14.4 Å². The minimum atomic E-state index is -4.51. The molecule has 3 N–H and O–H groups in total. The van der Waals surface area contributed by atoms with E-state index < -0.39 is 11.7 Å². The van der Waals surface area contributed by atoms with Crippen LogP contribution in [0.5, 0.6) is 5.88 Å². The SMILES string of the molecule is C[C@@H]1CCO1.Cc1[nH]nc2c(C(F)(F)F)cc(NC=O)cc12.Cc1ccc2nc(CN3CCC(c4cccc(OCc5ccc(Cl)cc5F)n4)CC3)[nH]c2c1. The molecule has 0 radical (unpaired) electrons. The zero-order valence-electron chi connectivity index (χ0n) is 30.6. The summed E-state index contributed by atoms with van der Waals surface area (Å²) in [5.74, 6) is 1.54. The topological polar surface area (TPSA) is 121 Å². The first-order chi connectivity index (χ1) is 26.4. The summed E-state index contributed by atoms with van der Waals surface area (Å²) in [6.45, 7) is 9.70. The Balaban J connectivity index is 0.000000193. The fraction of sp³-hybridized carbons (Fsp3) is 0.350. The lowest BCUT2D eigenvalue weighted by Gasteiger charge is -2.31. The van der Waals surface area contributed by atoms with E-state index in [1.807, 2.05) is 12.1 Å². The van der Waals surface area contributed by atoms with Crippen LogP contribution in [0.15, 0.2) is 66.7 Å². The van der Waals surface area contributed by atoms with Crippen LogP contribution in [0.2, 0.25) is 5.02 Å². The van der Waals surface area contributed by atoms with Crippen molar-refractivity contribution in [2.24, 2.45) is 0 Å². The van der Waals surface area contributed by atoms with E-state index in [1.165, 1.54) is 24.1 Å². The van der Waals surface area contributed by atoms with Crippen LogP contribution < -0.4 is 10.1 Å². The number of aryl methyl sites for hydroxylation is 2. The second-order valence-corrected chi connectivity index (χ2v) is 14.1. The predicted octanol–water partition coefficient (Wildman–Crippen LogP) is 9.27. The number of aromatic nitrogens is 5. The van der Waals surface area contributed by atoms with Gasteiger partial charge in [0, 0.05) is 51.6 Å². The Hall–Kier alpha value is -5.05. The molecule has 1 amide bonds. The molecule has 6 aromatic rings. The number of anilines is 1. The standard InChI is InChI=1S/C26H26ClFN4O.C10H8F3N3O.C4H8O/c1-17-5-8-23-24(13-17)30-25(29-23)15-32-11-9-18(10-12-32)22-3-2-4-26(31-22)33-16-19-6-7-20(27)14-21(19)28;1-5-7-2-6(14-4-17)3-8(10(11,12)13)9(7)16-15-5;1-4-2-3-5-4/h2-8,13-14,18H,9-12,15-16H2,1H3,(H,29,30);2-4H,1H3,(H,14,17)(H,15,16);4H,2-3H2,1H3/t;;4-/m..1/s1. The zero-order valence-corrected chi connectivity index (χ0v) is 31.4. The highest BCUT2D eigenvalue weighted by Gasteiger charge is 2.34. The maximum Gasteiger partial charge on any atom is 0.418 e. The van der Waals surface area contributed by atoms with Gasteiger partial charge in [-0.3, -0.25) is 14.8 Å². The average molecular weight is 780 g/mol. The first-order valence-corrected chi connectivity index (χ1v) is 18.3. The van der Waals surface area contributed by atoms with Crippen LogP contribution in [0.3, 0.4) is 0 Å². The first-order valence-electron chi connectivity index (χ1n) is 17.9. The molecule has 0 bridgehead atoms. The van der Waals surface area contributed by atoms with Crippen LogP contribution in [-0.2, 0) is 28.9 Å². The van der Waals surface area contributed by atoms with E-state index in [4.69, 9.17) is 31.0 Å². The monoisotopic (exact) mass is 779 g/mol. The van der Waals surface area contributed by atoms with E-state index in [9.17, 15) is 22.4 Å². The number of nitrogens with one attached hydrogen (secondary N) is 3. The number of aromatic amines is 2. The summed E-state index contributed by atoms with van der Waals surface area (Å²) < 4.78 is 63.0. The van der Waals surface area contributed by atoms with Gasteiger partial charge in [-0.15, -0.1) is 0 Å². The Morgan fingerprint density at radius 1 is 1.04 bits per heavy atom. The summed E-state index contributed by atoms with van der Waals surface area (Å²) in [6, 6.07) is 19.0. The van der Waals surface area contributed by atoms with Crippen LogP contribution in [0, 0.1) is 19.7 Å². The number of piperidine rings is 1.